The minimum atomic E-state index is -0.239. The Hall–Kier alpha value is -2.16. The van der Waals surface area contributed by atoms with Gasteiger partial charge in [-0.05, 0) is 36.4 Å². The summed E-state index contributed by atoms with van der Waals surface area (Å²) in [6, 6.07) is 6.30. The molecule has 0 saturated carbocycles. The lowest BCUT2D eigenvalue weighted by atomic mass is 9.93. The molecule has 134 valence electrons. The van der Waals surface area contributed by atoms with E-state index >= 15 is 0 Å². The maximum atomic E-state index is 12.7. The molecule has 3 aromatic rings. The van der Waals surface area contributed by atoms with Crippen molar-refractivity contribution in [2.75, 3.05) is 23.3 Å². The summed E-state index contributed by atoms with van der Waals surface area (Å²) in [4.78, 5) is 19.5. The molecular formula is C17H17ClN6OS. The fraction of sp³-hybridized carbons (Fsp3) is 0.353. The van der Waals surface area contributed by atoms with Crippen LogP contribution in [0.2, 0.25) is 4.34 Å². The molecule has 6 rings (SSSR count). The van der Waals surface area contributed by atoms with Crippen LogP contribution in [0.25, 0.3) is 5.52 Å². The Morgan fingerprint density at radius 2 is 2.27 bits per heavy atom. The maximum absolute atomic E-state index is 12.7. The van der Waals surface area contributed by atoms with Crippen molar-refractivity contribution >= 4 is 46.0 Å². The highest BCUT2D eigenvalue weighted by atomic mass is 35.5. The number of anilines is 2. The number of carbonyl (C=O) groups excluding carboxylic acids is 1. The molecule has 3 aromatic heterocycles. The Bertz CT molecular complexity index is 977. The number of thiophene rings is 1. The largest absolute Gasteiger partial charge is 0.334 e. The average Bonchev–Trinajstić information content (AvgIpc) is 3.28. The number of piperidine rings is 2. The number of hydrogen-bond acceptors (Lipinski definition) is 6. The van der Waals surface area contributed by atoms with E-state index in [0.717, 1.165) is 25.0 Å². The summed E-state index contributed by atoms with van der Waals surface area (Å²) in [5.41, 5.74) is 1.87. The number of carbonyl (C=O) groups is 1. The molecule has 2 bridgehead atoms. The van der Waals surface area contributed by atoms with Crippen molar-refractivity contribution in [3.63, 3.8) is 0 Å². The Kier molecular flexibility index (Phi) is 3.84. The Labute approximate surface area is 159 Å². The number of rotatable bonds is 3. The van der Waals surface area contributed by atoms with Crippen LogP contribution >= 0.6 is 22.9 Å². The lowest BCUT2D eigenvalue weighted by Gasteiger charge is -2.45. The number of fused-ring (bicyclic) bond motifs is 4. The SMILES string of the molecule is O=C(Nc1ccsc1Cl)c1ccc2cnc(N3C[C@H]4CC[C@@H]3CN4)nn12. The molecule has 3 aliphatic heterocycles. The first-order chi connectivity index (χ1) is 12.7. The van der Waals surface area contributed by atoms with Gasteiger partial charge in [-0.3, -0.25) is 4.79 Å². The third kappa shape index (κ3) is 2.65. The van der Waals surface area contributed by atoms with Crippen LogP contribution in [0, 0.1) is 0 Å². The minimum Gasteiger partial charge on any atom is -0.334 e. The number of amides is 1. The van der Waals surface area contributed by atoms with E-state index in [0.29, 0.717) is 33.7 Å². The van der Waals surface area contributed by atoms with Crippen molar-refractivity contribution in [3.8, 4) is 0 Å². The molecule has 3 saturated heterocycles. The first kappa shape index (κ1) is 16.0. The summed E-state index contributed by atoms with van der Waals surface area (Å²) in [5, 5.41) is 12.9. The zero-order valence-corrected chi connectivity index (χ0v) is 15.4. The van der Waals surface area contributed by atoms with Gasteiger partial charge in [0.2, 0.25) is 5.95 Å². The fourth-order valence-corrected chi connectivity index (χ4v) is 4.55. The van der Waals surface area contributed by atoms with Crippen molar-refractivity contribution in [3.05, 3.63) is 39.8 Å². The van der Waals surface area contributed by atoms with Crippen LogP contribution in [0.1, 0.15) is 23.3 Å². The average molecular weight is 389 g/mol. The summed E-state index contributed by atoms with van der Waals surface area (Å²) in [6.45, 7) is 1.87. The van der Waals surface area contributed by atoms with Gasteiger partial charge in [-0.2, -0.15) is 0 Å². The molecule has 0 spiro atoms. The highest BCUT2D eigenvalue weighted by Gasteiger charge is 2.35. The second-order valence-corrected chi connectivity index (χ2v) is 8.18. The predicted molar refractivity (Wildman–Crippen MR) is 102 cm³/mol. The van der Waals surface area contributed by atoms with Gasteiger partial charge in [-0.1, -0.05) is 11.6 Å². The molecule has 2 N–H and O–H groups in total. The second-order valence-electron chi connectivity index (χ2n) is 6.66. The molecule has 0 radical (unpaired) electrons. The summed E-state index contributed by atoms with van der Waals surface area (Å²) in [6.07, 6.45) is 4.11. The molecule has 3 fully saturated rings. The normalized spacial score (nSPS) is 22.1. The van der Waals surface area contributed by atoms with Gasteiger partial charge < -0.3 is 15.5 Å². The van der Waals surface area contributed by atoms with E-state index in [2.05, 4.69) is 25.6 Å². The highest BCUT2D eigenvalue weighted by Crippen LogP contribution is 2.29. The Morgan fingerprint density at radius 1 is 1.35 bits per heavy atom. The van der Waals surface area contributed by atoms with Crippen molar-refractivity contribution < 1.29 is 4.79 Å². The third-order valence-corrected chi connectivity index (χ3v) is 6.26. The van der Waals surface area contributed by atoms with Crippen molar-refractivity contribution in [1.82, 2.24) is 19.9 Å². The number of halogens is 1. The van der Waals surface area contributed by atoms with Gasteiger partial charge in [-0.15, -0.1) is 16.4 Å². The van der Waals surface area contributed by atoms with Crippen LogP contribution < -0.4 is 15.5 Å². The molecule has 2 atom stereocenters. The van der Waals surface area contributed by atoms with E-state index in [1.54, 1.807) is 22.8 Å². The second kappa shape index (κ2) is 6.22. The molecule has 0 unspecified atom stereocenters. The predicted octanol–water partition coefficient (Wildman–Crippen LogP) is 2.64. The summed E-state index contributed by atoms with van der Waals surface area (Å²) >= 11 is 7.47. The quantitative estimate of drug-likeness (QED) is 0.721. The zero-order valence-electron chi connectivity index (χ0n) is 13.9. The highest BCUT2D eigenvalue weighted by molar-refractivity contribution is 7.15. The summed E-state index contributed by atoms with van der Waals surface area (Å²) in [5.74, 6) is 0.435. The van der Waals surface area contributed by atoms with E-state index in [1.807, 2.05) is 11.4 Å². The van der Waals surface area contributed by atoms with Crippen LogP contribution in [0.15, 0.2) is 29.8 Å². The Morgan fingerprint density at radius 3 is 2.96 bits per heavy atom. The smallest absolute Gasteiger partial charge is 0.274 e. The van der Waals surface area contributed by atoms with Crippen LogP contribution in [0.4, 0.5) is 11.6 Å². The fourth-order valence-electron chi connectivity index (χ4n) is 3.72. The molecule has 3 aliphatic rings. The topological polar surface area (TPSA) is 74.6 Å². The van der Waals surface area contributed by atoms with Gasteiger partial charge >= 0.3 is 0 Å². The van der Waals surface area contributed by atoms with Gasteiger partial charge in [0.15, 0.2) is 0 Å². The summed E-state index contributed by atoms with van der Waals surface area (Å²) < 4.78 is 2.22. The lowest BCUT2D eigenvalue weighted by Crippen LogP contribution is -2.61. The molecule has 0 aliphatic carbocycles. The van der Waals surface area contributed by atoms with Gasteiger partial charge in [0.1, 0.15) is 10.0 Å². The monoisotopic (exact) mass is 388 g/mol. The maximum Gasteiger partial charge on any atom is 0.274 e. The van der Waals surface area contributed by atoms with Gasteiger partial charge in [0, 0.05) is 25.2 Å². The van der Waals surface area contributed by atoms with E-state index < -0.39 is 0 Å². The summed E-state index contributed by atoms with van der Waals surface area (Å²) in [7, 11) is 0. The minimum absolute atomic E-state index is 0.239. The van der Waals surface area contributed by atoms with Crippen LogP contribution in [-0.4, -0.2) is 45.7 Å². The van der Waals surface area contributed by atoms with Crippen LogP contribution in [0.3, 0.4) is 0 Å². The van der Waals surface area contributed by atoms with Gasteiger partial charge in [0.05, 0.1) is 17.4 Å². The molecule has 1 amide bonds. The number of piperazine rings is 1. The number of nitrogens with zero attached hydrogens (tertiary/aromatic N) is 4. The molecule has 9 heteroatoms. The molecule has 6 heterocycles. The lowest BCUT2D eigenvalue weighted by molar-refractivity contribution is 0.102. The van der Waals surface area contributed by atoms with E-state index in [4.69, 9.17) is 11.6 Å². The van der Waals surface area contributed by atoms with Gasteiger partial charge in [0.25, 0.3) is 5.91 Å². The number of aromatic nitrogens is 3. The van der Waals surface area contributed by atoms with E-state index in [-0.39, 0.29) is 5.91 Å². The number of nitrogens with one attached hydrogen (secondary N) is 2. The Balaban J connectivity index is 1.47. The number of hydrogen-bond donors (Lipinski definition) is 2. The van der Waals surface area contributed by atoms with Crippen molar-refractivity contribution in [2.24, 2.45) is 0 Å². The molecular weight excluding hydrogens is 372 g/mol. The molecule has 7 nitrogen and oxygen atoms in total. The first-order valence-electron chi connectivity index (χ1n) is 8.58. The molecule has 26 heavy (non-hydrogen) atoms. The van der Waals surface area contributed by atoms with E-state index in [1.165, 1.54) is 17.8 Å². The van der Waals surface area contributed by atoms with Gasteiger partial charge in [-0.25, -0.2) is 9.50 Å². The van der Waals surface area contributed by atoms with E-state index in [9.17, 15) is 4.79 Å². The van der Waals surface area contributed by atoms with Crippen molar-refractivity contribution in [1.29, 1.82) is 0 Å². The van der Waals surface area contributed by atoms with Crippen LogP contribution in [-0.2, 0) is 0 Å². The molecule has 0 aromatic carbocycles. The zero-order chi connectivity index (χ0) is 17.7. The van der Waals surface area contributed by atoms with Crippen molar-refractivity contribution in [2.45, 2.75) is 24.9 Å². The standard InChI is InChI=1S/C17H17ClN6OS/c18-15-13(5-6-26-15)21-16(25)14-4-3-12-8-20-17(22-24(12)14)23-9-10-1-2-11(23)7-19-10/h3-6,8,10-11,19H,1-2,7,9H2,(H,21,25)/t10-,11-/m1/s1. The van der Waals surface area contributed by atoms with Crippen LogP contribution in [0.5, 0.6) is 0 Å². The third-order valence-electron chi connectivity index (χ3n) is 5.09. The first-order valence-corrected chi connectivity index (χ1v) is 9.84.